The van der Waals surface area contributed by atoms with E-state index < -0.39 is 11.6 Å². The van der Waals surface area contributed by atoms with E-state index in [4.69, 9.17) is 0 Å². The van der Waals surface area contributed by atoms with Gasteiger partial charge in [0.05, 0.1) is 0 Å². The molecule has 3 aromatic rings. The molecule has 0 fully saturated rings. The van der Waals surface area contributed by atoms with Crippen molar-refractivity contribution in [2.45, 2.75) is 77.9 Å². The summed E-state index contributed by atoms with van der Waals surface area (Å²) in [5, 5.41) is 3.12. The van der Waals surface area contributed by atoms with Crippen LogP contribution < -0.4 is 5.32 Å². The van der Waals surface area contributed by atoms with Gasteiger partial charge in [-0.15, -0.1) is 0 Å². The SMILES string of the molecule is CC(C)c1ccc(CCC(=O)N(Cc2ccccc2)[C@H](Cc2ccccc2)C(=O)NC(C)(C)C)cc1. The minimum atomic E-state index is -0.609. The van der Waals surface area contributed by atoms with Crippen LogP contribution >= 0.6 is 0 Å². The molecular weight excluding hydrogens is 444 g/mol. The third-order valence-corrected chi connectivity index (χ3v) is 6.24. The summed E-state index contributed by atoms with van der Waals surface area (Å²) >= 11 is 0. The largest absolute Gasteiger partial charge is 0.350 e. The van der Waals surface area contributed by atoms with Crippen LogP contribution in [0.2, 0.25) is 0 Å². The minimum absolute atomic E-state index is 0.0169. The van der Waals surface area contributed by atoms with Crippen molar-refractivity contribution in [2.75, 3.05) is 0 Å². The van der Waals surface area contributed by atoms with E-state index in [0.29, 0.717) is 31.7 Å². The molecule has 0 aliphatic rings. The molecule has 4 heteroatoms. The highest BCUT2D eigenvalue weighted by Gasteiger charge is 2.32. The number of hydrogen-bond donors (Lipinski definition) is 1. The van der Waals surface area contributed by atoms with Gasteiger partial charge in [0.25, 0.3) is 0 Å². The summed E-state index contributed by atoms with van der Waals surface area (Å²) in [4.78, 5) is 29.1. The van der Waals surface area contributed by atoms with Crippen LogP contribution in [0.15, 0.2) is 84.9 Å². The van der Waals surface area contributed by atoms with Crippen LogP contribution in [0.25, 0.3) is 0 Å². The first-order valence-corrected chi connectivity index (χ1v) is 12.9. The molecule has 0 unspecified atom stereocenters. The van der Waals surface area contributed by atoms with Crippen LogP contribution in [-0.4, -0.2) is 28.3 Å². The first-order valence-electron chi connectivity index (χ1n) is 12.9. The zero-order chi connectivity index (χ0) is 26.1. The molecule has 4 nitrogen and oxygen atoms in total. The van der Waals surface area contributed by atoms with Gasteiger partial charge >= 0.3 is 0 Å². The molecule has 36 heavy (non-hydrogen) atoms. The van der Waals surface area contributed by atoms with E-state index in [-0.39, 0.29) is 11.8 Å². The molecule has 0 aliphatic carbocycles. The molecule has 0 aromatic heterocycles. The van der Waals surface area contributed by atoms with Gasteiger partial charge in [0.2, 0.25) is 11.8 Å². The number of rotatable bonds is 10. The van der Waals surface area contributed by atoms with Gasteiger partial charge in [-0.05, 0) is 55.4 Å². The average molecular weight is 485 g/mol. The first-order chi connectivity index (χ1) is 17.1. The second kappa shape index (κ2) is 12.5. The smallest absolute Gasteiger partial charge is 0.243 e. The number of aryl methyl sites for hydroxylation is 1. The second-order valence-corrected chi connectivity index (χ2v) is 10.8. The molecule has 0 aliphatic heterocycles. The van der Waals surface area contributed by atoms with Gasteiger partial charge in [0.15, 0.2) is 0 Å². The maximum absolute atomic E-state index is 13.7. The molecule has 0 spiro atoms. The molecule has 3 rings (SSSR count). The molecule has 2 amide bonds. The maximum atomic E-state index is 13.7. The third kappa shape index (κ3) is 8.37. The van der Waals surface area contributed by atoms with Crippen molar-refractivity contribution in [3.05, 3.63) is 107 Å². The average Bonchev–Trinajstić information content (AvgIpc) is 2.85. The number of carbonyl (C=O) groups excluding carboxylic acids is 2. The van der Waals surface area contributed by atoms with Crippen LogP contribution in [0.3, 0.4) is 0 Å². The summed E-state index contributed by atoms with van der Waals surface area (Å²) in [6.07, 6.45) is 1.45. The summed E-state index contributed by atoms with van der Waals surface area (Å²) in [5.41, 5.74) is 4.06. The lowest BCUT2D eigenvalue weighted by Crippen LogP contribution is -2.54. The van der Waals surface area contributed by atoms with Gasteiger partial charge in [-0.1, -0.05) is 98.8 Å². The molecule has 190 valence electrons. The lowest BCUT2D eigenvalue weighted by atomic mass is 9.98. The number of carbonyl (C=O) groups is 2. The lowest BCUT2D eigenvalue weighted by Gasteiger charge is -2.34. The van der Waals surface area contributed by atoms with Gasteiger partial charge < -0.3 is 10.2 Å². The van der Waals surface area contributed by atoms with Crippen LogP contribution in [0.4, 0.5) is 0 Å². The minimum Gasteiger partial charge on any atom is -0.350 e. The van der Waals surface area contributed by atoms with Crippen molar-refractivity contribution in [3.8, 4) is 0 Å². The molecule has 0 heterocycles. The maximum Gasteiger partial charge on any atom is 0.243 e. The topological polar surface area (TPSA) is 49.4 Å². The molecule has 0 radical (unpaired) electrons. The van der Waals surface area contributed by atoms with Crippen molar-refractivity contribution in [1.29, 1.82) is 0 Å². The predicted molar refractivity (Wildman–Crippen MR) is 148 cm³/mol. The number of benzene rings is 3. The molecule has 0 bridgehead atoms. The Hall–Kier alpha value is -3.40. The molecule has 0 saturated heterocycles. The molecule has 3 aromatic carbocycles. The Kier molecular flexibility index (Phi) is 9.46. The van der Waals surface area contributed by atoms with Crippen molar-refractivity contribution >= 4 is 11.8 Å². The summed E-state index contributed by atoms with van der Waals surface area (Å²) in [7, 11) is 0. The van der Waals surface area contributed by atoms with Crippen molar-refractivity contribution < 1.29 is 9.59 Å². The fraction of sp³-hybridized carbons (Fsp3) is 0.375. The summed E-state index contributed by atoms with van der Waals surface area (Å²) < 4.78 is 0. The van der Waals surface area contributed by atoms with Gasteiger partial charge in [-0.3, -0.25) is 9.59 Å². The van der Waals surface area contributed by atoms with E-state index in [0.717, 1.165) is 16.7 Å². The number of hydrogen-bond acceptors (Lipinski definition) is 2. The predicted octanol–water partition coefficient (Wildman–Crippen LogP) is 6.30. The number of nitrogens with zero attached hydrogens (tertiary/aromatic N) is 1. The highest BCUT2D eigenvalue weighted by atomic mass is 16.2. The number of amides is 2. The van der Waals surface area contributed by atoms with Crippen LogP contribution in [-0.2, 0) is 29.0 Å². The zero-order valence-corrected chi connectivity index (χ0v) is 22.3. The Morgan fingerprint density at radius 3 is 1.86 bits per heavy atom. The second-order valence-electron chi connectivity index (χ2n) is 10.8. The lowest BCUT2D eigenvalue weighted by molar-refractivity contribution is -0.141. The van der Waals surface area contributed by atoms with E-state index in [2.05, 4.69) is 43.4 Å². The van der Waals surface area contributed by atoms with Crippen LogP contribution in [0, 0.1) is 0 Å². The Morgan fingerprint density at radius 1 is 0.778 bits per heavy atom. The quantitative estimate of drug-likeness (QED) is 0.367. The monoisotopic (exact) mass is 484 g/mol. The Bertz CT molecular complexity index is 1100. The fourth-order valence-corrected chi connectivity index (χ4v) is 4.25. The molecule has 1 atom stereocenters. The van der Waals surface area contributed by atoms with E-state index >= 15 is 0 Å². The Balaban J connectivity index is 1.87. The van der Waals surface area contributed by atoms with Gasteiger partial charge in [0, 0.05) is 24.9 Å². The Morgan fingerprint density at radius 2 is 1.33 bits per heavy atom. The fourth-order valence-electron chi connectivity index (χ4n) is 4.25. The number of nitrogens with one attached hydrogen (secondary N) is 1. The van der Waals surface area contributed by atoms with Gasteiger partial charge in [-0.25, -0.2) is 0 Å². The standard InChI is InChI=1S/C32H40N2O2/c1-24(2)28-19-16-25(17-20-28)18-21-30(35)34(23-27-14-10-7-11-15-27)29(31(36)33-32(3,4)5)22-26-12-8-6-9-13-26/h6-17,19-20,24,29H,18,21-23H2,1-5H3,(H,33,36)/t29-/m1/s1. The third-order valence-electron chi connectivity index (χ3n) is 6.24. The zero-order valence-electron chi connectivity index (χ0n) is 22.3. The van der Waals surface area contributed by atoms with Crippen LogP contribution in [0.1, 0.15) is 69.2 Å². The van der Waals surface area contributed by atoms with E-state index in [1.54, 1.807) is 4.90 Å². The normalized spacial score (nSPS) is 12.3. The van der Waals surface area contributed by atoms with Crippen molar-refractivity contribution in [3.63, 3.8) is 0 Å². The van der Waals surface area contributed by atoms with Crippen LogP contribution in [0.5, 0.6) is 0 Å². The highest BCUT2D eigenvalue weighted by molar-refractivity contribution is 5.88. The van der Waals surface area contributed by atoms with E-state index in [1.165, 1.54) is 5.56 Å². The van der Waals surface area contributed by atoms with Gasteiger partial charge in [0.1, 0.15) is 6.04 Å². The molecular formula is C32H40N2O2. The summed E-state index contributed by atoms with van der Waals surface area (Å²) in [5.74, 6) is 0.329. The van der Waals surface area contributed by atoms with Gasteiger partial charge in [-0.2, -0.15) is 0 Å². The van der Waals surface area contributed by atoms with Crippen molar-refractivity contribution in [2.24, 2.45) is 0 Å². The first kappa shape index (κ1) is 27.2. The van der Waals surface area contributed by atoms with E-state index in [9.17, 15) is 9.59 Å². The Labute approximate surface area is 216 Å². The van der Waals surface area contributed by atoms with Crippen molar-refractivity contribution in [1.82, 2.24) is 10.2 Å². The summed E-state index contributed by atoms with van der Waals surface area (Å²) in [6, 6.07) is 27.7. The van der Waals surface area contributed by atoms with E-state index in [1.807, 2.05) is 81.4 Å². The molecule has 0 saturated carbocycles. The summed E-state index contributed by atoms with van der Waals surface area (Å²) in [6.45, 7) is 10.6. The highest BCUT2D eigenvalue weighted by Crippen LogP contribution is 2.19. The molecule has 1 N–H and O–H groups in total.